The van der Waals surface area contributed by atoms with E-state index in [0.29, 0.717) is 17.4 Å². The topological polar surface area (TPSA) is 52.0 Å². The second-order valence-electron chi connectivity index (χ2n) is 7.24. The summed E-state index contributed by atoms with van der Waals surface area (Å²) in [5, 5.41) is 9.37. The molecule has 29 heavy (non-hydrogen) atoms. The Kier molecular flexibility index (Phi) is 4.69. The van der Waals surface area contributed by atoms with E-state index in [-0.39, 0.29) is 12.4 Å². The van der Waals surface area contributed by atoms with Gasteiger partial charge in [0.05, 0.1) is 11.6 Å². The number of fused-ring (bicyclic) bond motifs is 1. The summed E-state index contributed by atoms with van der Waals surface area (Å²) in [6.07, 6.45) is 4.76. The molecule has 1 aliphatic rings. The van der Waals surface area contributed by atoms with Crippen LogP contribution < -0.4 is 10.1 Å². The molecule has 5 nitrogen and oxygen atoms in total. The van der Waals surface area contributed by atoms with Crippen molar-refractivity contribution in [1.29, 1.82) is 0 Å². The number of ether oxygens (including phenoxy) is 1. The van der Waals surface area contributed by atoms with Gasteiger partial charge in [0, 0.05) is 35.5 Å². The number of aromatic nitrogens is 3. The molecule has 0 bridgehead atoms. The van der Waals surface area contributed by atoms with Crippen LogP contribution in [-0.4, -0.2) is 27.9 Å². The van der Waals surface area contributed by atoms with Gasteiger partial charge in [-0.05, 0) is 49.4 Å². The Balaban J connectivity index is 1.41. The summed E-state index contributed by atoms with van der Waals surface area (Å²) in [5.41, 5.74) is 3.56. The molecule has 0 saturated carbocycles. The van der Waals surface area contributed by atoms with Gasteiger partial charge in [-0.15, -0.1) is 0 Å². The van der Waals surface area contributed by atoms with E-state index in [9.17, 15) is 4.39 Å². The summed E-state index contributed by atoms with van der Waals surface area (Å²) >= 11 is 0. The first-order valence-corrected chi connectivity index (χ1v) is 9.79. The second kappa shape index (κ2) is 7.64. The van der Waals surface area contributed by atoms with Crippen LogP contribution in [0.5, 0.6) is 5.75 Å². The predicted molar refractivity (Wildman–Crippen MR) is 110 cm³/mol. The molecule has 6 heteroatoms. The van der Waals surface area contributed by atoms with Crippen molar-refractivity contribution in [3.8, 4) is 17.0 Å². The van der Waals surface area contributed by atoms with Gasteiger partial charge in [-0.1, -0.05) is 18.2 Å². The Morgan fingerprint density at radius 3 is 2.76 bits per heavy atom. The Bertz CT molecular complexity index is 1130. The highest BCUT2D eigenvalue weighted by molar-refractivity contribution is 5.92. The predicted octanol–water partition coefficient (Wildman–Crippen LogP) is 4.35. The molecule has 1 aliphatic heterocycles. The van der Waals surface area contributed by atoms with Crippen LogP contribution >= 0.6 is 0 Å². The number of benzene rings is 2. The van der Waals surface area contributed by atoms with Crippen molar-refractivity contribution in [3.63, 3.8) is 0 Å². The first-order chi connectivity index (χ1) is 14.3. The normalized spacial score (nSPS) is 16.4. The van der Waals surface area contributed by atoms with Crippen molar-refractivity contribution in [2.24, 2.45) is 0 Å². The lowest BCUT2D eigenvalue weighted by molar-refractivity contribution is 0.300. The van der Waals surface area contributed by atoms with Gasteiger partial charge < -0.3 is 10.1 Å². The molecule has 0 aliphatic carbocycles. The Morgan fingerprint density at radius 1 is 1.10 bits per heavy atom. The summed E-state index contributed by atoms with van der Waals surface area (Å²) in [4.78, 5) is 4.30. The van der Waals surface area contributed by atoms with E-state index >= 15 is 0 Å². The minimum Gasteiger partial charge on any atom is -0.489 e. The summed E-state index contributed by atoms with van der Waals surface area (Å²) < 4.78 is 21.6. The molecule has 0 spiro atoms. The van der Waals surface area contributed by atoms with E-state index < -0.39 is 0 Å². The molecule has 0 radical (unpaired) electrons. The van der Waals surface area contributed by atoms with Gasteiger partial charge in [-0.25, -0.2) is 4.39 Å². The summed E-state index contributed by atoms with van der Waals surface area (Å²) in [6.45, 7) is 2.14. The molecule has 2 aromatic heterocycles. The lowest BCUT2D eigenvalue weighted by atomic mass is 10.1. The zero-order valence-electron chi connectivity index (χ0n) is 15.9. The molecular formula is C23H21FN4O. The Labute approximate surface area is 168 Å². The number of hydrogen-bond acceptors (Lipinski definition) is 4. The van der Waals surface area contributed by atoms with Crippen molar-refractivity contribution in [1.82, 2.24) is 20.1 Å². The second-order valence-corrected chi connectivity index (χ2v) is 7.24. The van der Waals surface area contributed by atoms with Gasteiger partial charge in [0.1, 0.15) is 23.9 Å². The quantitative estimate of drug-likeness (QED) is 0.552. The van der Waals surface area contributed by atoms with E-state index in [1.54, 1.807) is 18.2 Å². The summed E-state index contributed by atoms with van der Waals surface area (Å²) in [6, 6.07) is 16.8. The maximum Gasteiger partial charge on any atom is 0.129 e. The zero-order chi connectivity index (χ0) is 19.6. The fourth-order valence-corrected chi connectivity index (χ4v) is 3.81. The number of nitrogens with one attached hydrogen (secondary N) is 1. The van der Waals surface area contributed by atoms with E-state index in [1.165, 1.54) is 6.07 Å². The SMILES string of the molecule is Fc1ccccc1COc1ccc(-c2nn([C@@H]3CCNC3)c3ccncc23)cc1. The van der Waals surface area contributed by atoms with Crippen LogP contribution in [0.25, 0.3) is 22.2 Å². The molecule has 1 saturated heterocycles. The maximum atomic E-state index is 13.8. The molecule has 4 aromatic rings. The lowest BCUT2D eigenvalue weighted by Gasteiger charge is -2.10. The number of nitrogens with zero attached hydrogens (tertiary/aromatic N) is 3. The van der Waals surface area contributed by atoms with E-state index in [4.69, 9.17) is 9.84 Å². The van der Waals surface area contributed by atoms with Gasteiger partial charge in [0.25, 0.3) is 0 Å². The minimum atomic E-state index is -0.255. The fourth-order valence-electron chi connectivity index (χ4n) is 3.81. The van der Waals surface area contributed by atoms with E-state index in [0.717, 1.165) is 41.7 Å². The molecule has 5 rings (SSSR count). The highest BCUT2D eigenvalue weighted by atomic mass is 19.1. The van der Waals surface area contributed by atoms with Crippen LogP contribution in [0.1, 0.15) is 18.0 Å². The van der Waals surface area contributed by atoms with E-state index in [2.05, 4.69) is 15.0 Å². The molecule has 1 atom stereocenters. The highest BCUT2D eigenvalue weighted by Gasteiger charge is 2.21. The van der Waals surface area contributed by atoms with Crippen molar-refractivity contribution < 1.29 is 9.13 Å². The average Bonchev–Trinajstić information content (AvgIpc) is 3.42. The highest BCUT2D eigenvalue weighted by Crippen LogP contribution is 2.31. The molecular weight excluding hydrogens is 367 g/mol. The van der Waals surface area contributed by atoms with Crippen molar-refractivity contribution in [2.45, 2.75) is 19.1 Å². The van der Waals surface area contributed by atoms with Gasteiger partial charge in [-0.3, -0.25) is 9.67 Å². The Hall–Kier alpha value is -3.25. The van der Waals surface area contributed by atoms with E-state index in [1.807, 2.05) is 42.7 Å². The number of halogens is 1. The molecule has 1 fully saturated rings. The van der Waals surface area contributed by atoms with Crippen LogP contribution in [0.3, 0.4) is 0 Å². The largest absolute Gasteiger partial charge is 0.489 e. The summed E-state index contributed by atoms with van der Waals surface area (Å²) in [5.74, 6) is 0.439. The fraction of sp³-hybridized carbons (Fsp3) is 0.217. The molecule has 146 valence electrons. The third kappa shape index (κ3) is 3.47. The van der Waals surface area contributed by atoms with Crippen LogP contribution in [0.4, 0.5) is 4.39 Å². The van der Waals surface area contributed by atoms with Crippen LogP contribution in [0, 0.1) is 5.82 Å². The number of pyridine rings is 1. The van der Waals surface area contributed by atoms with Crippen molar-refractivity contribution >= 4 is 10.9 Å². The van der Waals surface area contributed by atoms with Crippen LogP contribution in [0.2, 0.25) is 0 Å². The van der Waals surface area contributed by atoms with Gasteiger partial charge in [-0.2, -0.15) is 5.10 Å². The maximum absolute atomic E-state index is 13.8. The van der Waals surface area contributed by atoms with Gasteiger partial charge >= 0.3 is 0 Å². The zero-order valence-corrected chi connectivity index (χ0v) is 15.9. The van der Waals surface area contributed by atoms with Gasteiger partial charge in [0.15, 0.2) is 0 Å². The molecule has 0 amide bonds. The smallest absolute Gasteiger partial charge is 0.129 e. The van der Waals surface area contributed by atoms with Crippen LogP contribution in [0.15, 0.2) is 67.0 Å². The average molecular weight is 388 g/mol. The number of rotatable bonds is 5. The Morgan fingerprint density at radius 2 is 1.97 bits per heavy atom. The first kappa shape index (κ1) is 17.8. The molecule has 2 aromatic carbocycles. The lowest BCUT2D eigenvalue weighted by Crippen LogP contribution is -2.14. The van der Waals surface area contributed by atoms with Crippen molar-refractivity contribution in [2.75, 3.05) is 13.1 Å². The van der Waals surface area contributed by atoms with Gasteiger partial charge in [0.2, 0.25) is 0 Å². The molecule has 0 unspecified atom stereocenters. The minimum absolute atomic E-state index is 0.197. The standard InChI is InChI=1S/C23H21FN4O/c24-21-4-2-1-3-17(21)15-29-19-7-5-16(6-8-19)23-20-14-26-12-10-22(20)28(27-23)18-9-11-25-13-18/h1-8,10,12,14,18,25H,9,11,13,15H2/t18-/m1/s1. The van der Waals surface area contributed by atoms with Crippen molar-refractivity contribution in [3.05, 3.63) is 78.4 Å². The van der Waals surface area contributed by atoms with Crippen LogP contribution in [-0.2, 0) is 6.61 Å². The third-order valence-electron chi connectivity index (χ3n) is 5.37. The number of hydrogen-bond donors (Lipinski definition) is 1. The molecule has 3 heterocycles. The summed E-state index contributed by atoms with van der Waals surface area (Å²) in [7, 11) is 0. The molecule has 1 N–H and O–H groups in total. The first-order valence-electron chi connectivity index (χ1n) is 9.79. The third-order valence-corrected chi connectivity index (χ3v) is 5.37. The monoisotopic (exact) mass is 388 g/mol.